The molecule has 0 aromatic rings. The summed E-state index contributed by atoms with van der Waals surface area (Å²) in [5, 5.41) is 0. The Kier molecular flexibility index (Phi) is 3.93. The van der Waals surface area contributed by atoms with Crippen molar-refractivity contribution in [2.45, 2.75) is 41.2 Å². The Balaban J connectivity index is 3.99. The molecule has 23 heavy (non-hydrogen) atoms. The van der Waals surface area contributed by atoms with Crippen LogP contribution in [0.15, 0.2) is 0 Å². The lowest BCUT2D eigenvalue weighted by atomic mass is 9.94. The Morgan fingerprint density at radius 3 is 1.26 bits per heavy atom. The third kappa shape index (κ3) is 1.85. The van der Waals surface area contributed by atoms with Gasteiger partial charge in [-0.15, -0.1) is 0 Å². The molecular weight excluding hydrogens is 397 g/mol. The van der Waals surface area contributed by atoms with E-state index in [2.05, 4.69) is 0 Å². The van der Waals surface area contributed by atoms with Crippen molar-refractivity contribution in [3.63, 3.8) is 0 Å². The van der Waals surface area contributed by atoms with Crippen LogP contribution in [-0.2, 0) is 4.57 Å². The second-order valence-electron chi connectivity index (χ2n) is 4.37. The maximum atomic E-state index is 13.0. The third-order valence-electron chi connectivity index (χ3n) is 2.95. The Labute approximate surface area is 116 Å². The molecule has 1 nitrogen and oxygen atoms in total. The molecule has 1 rings (SSSR count). The Hall–Kier alpha value is -0.750. The zero-order valence-corrected chi connectivity index (χ0v) is 10.6. The third-order valence-corrected chi connectivity index (χ3v) is 4.91. The molecule has 2 unspecified atom stereocenters. The van der Waals surface area contributed by atoms with Crippen molar-refractivity contribution >= 4 is 7.45 Å². The van der Waals surface area contributed by atoms with Gasteiger partial charge in [0.25, 0.3) is 5.91 Å². The highest BCUT2D eigenvalue weighted by Crippen LogP contribution is 2.78. The minimum atomic E-state index is -8.70. The predicted octanol–water partition coefficient (Wildman–Crippen LogP) is 5.31. The van der Waals surface area contributed by atoms with E-state index in [1.165, 1.54) is 0 Å². The number of hydrogen-bond donors (Lipinski definition) is 0. The lowest BCUT2D eigenvalue weighted by molar-refractivity contribution is -0.424. The molecule has 138 valence electrons. The molecule has 0 aromatic carbocycles. The summed E-state index contributed by atoms with van der Waals surface area (Å²) in [6.07, 6.45) is 0. The van der Waals surface area contributed by atoms with Gasteiger partial charge in [-0.2, -0.15) is 56.9 Å². The van der Waals surface area contributed by atoms with Crippen molar-refractivity contribution < 1.29 is 65.8 Å². The molecule has 1 saturated heterocycles. The van der Waals surface area contributed by atoms with E-state index in [9.17, 15) is 65.8 Å². The minimum absolute atomic E-state index is 6.10. The Morgan fingerprint density at radius 2 is 0.913 bits per heavy atom. The lowest BCUT2D eigenvalue weighted by Crippen LogP contribution is -2.74. The van der Waals surface area contributed by atoms with Crippen molar-refractivity contribution in [2.24, 2.45) is 0 Å². The van der Waals surface area contributed by atoms with Crippen molar-refractivity contribution in [3.05, 3.63) is 0 Å². The van der Waals surface area contributed by atoms with E-state index in [0.29, 0.717) is 0 Å². The van der Waals surface area contributed by atoms with Gasteiger partial charge >= 0.3 is 42.7 Å². The molecule has 0 aromatic heterocycles. The van der Waals surface area contributed by atoms with Crippen molar-refractivity contribution in [2.75, 3.05) is 0 Å². The summed E-state index contributed by atoms with van der Waals surface area (Å²) in [5.41, 5.74) is -7.63. The summed E-state index contributed by atoms with van der Waals surface area (Å²) in [5.74, 6) is -45.2. The first-order valence-corrected chi connectivity index (χ1v) is 6.52. The maximum Gasteiger partial charge on any atom is 0.396 e. The molecule has 0 aliphatic carbocycles. The molecule has 1 fully saturated rings. The number of halogens is 14. The predicted molar refractivity (Wildman–Crippen MR) is 43.3 cm³/mol. The first-order valence-electron chi connectivity index (χ1n) is 4.86. The van der Waals surface area contributed by atoms with Gasteiger partial charge in [0.1, 0.15) is 0 Å². The van der Waals surface area contributed by atoms with Gasteiger partial charge in [-0.05, 0) is 0 Å². The quantitative estimate of drug-likeness (QED) is 0.399. The van der Waals surface area contributed by atoms with Crippen LogP contribution in [0.5, 0.6) is 0 Å². The van der Waals surface area contributed by atoms with E-state index in [0.717, 1.165) is 0 Å². The molecule has 0 N–H and O–H groups in total. The smallest absolute Gasteiger partial charge is 0.278 e. The molecule has 1 aliphatic rings. The second kappa shape index (κ2) is 4.45. The standard InChI is InChI=1S/C7HF14OP/c8-1-2(9,10)3(11,12)4(13,14)5(15,16)6(17,18)7(19,20)23(1,21)22/h1H. The van der Waals surface area contributed by atoms with Gasteiger partial charge in [0.05, 0.1) is 0 Å². The van der Waals surface area contributed by atoms with Crippen molar-refractivity contribution in [1.82, 2.24) is 0 Å². The molecule has 0 radical (unpaired) electrons. The second-order valence-corrected chi connectivity index (χ2v) is 6.54. The summed E-state index contributed by atoms with van der Waals surface area (Å²) < 4.78 is 190. The Bertz CT molecular complexity index is 551. The number of hydrogen-bond acceptors (Lipinski definition) is 1. The molecule has 0 bridgehead atoms. The molecule has 16 heteroatoms. The van der Waals surface area contributed by atoms with E-state index in [1.54, 1.807) is 0 Å². The van der Waals surface area contributed by atoms with Crippen LogP contribution in [0.2, 0.25) is 0 Å². The van der Waals surface area contributed by atoms with Crippen LogP contribution in [0.25, 0.3) is 0 Å². The summed E-state index contributed by atoms with van der Waals surface area (Å²) in [4.78, 5) is 0. The van der Waals surface area contributed by atoms with E-state index in [1.807, 2.05) is 0 Å². The minimum Gasteiger partial charge on any atom is -0.278 e. The van der Waals surface area contributed by atoms with Crippen molar-refractivity contribution in [1.29, 1.82) is 0 Å². The van der Waals surface area contributed by atoms with Crippen LogP contribution in [0.4, 0.5) is 61.3 Å². The fraction of sp³-hybridized carbons (Fsp3) is 1.00. The van der Waals surface area contributed by atoms with Gasteiger partial charge in [0.15, 0.2) is 0 Å². The van der Waals surface area contributed by atoms with Crippen LogP contribution in [0.3, 0.4) is 0 Å². The van der Waals surface area contributed by atoms with E-state index in [4.69, 9.17) is 0 Å². The average molecular weight is 398 g/mol. The number of rotatable bonds is 0. The normalized spacial score (nSPS) is 40.0. The summed E-state index contributed by atoms with van der Waals surface area (Å²) >= 11 is 0. The van der Waals surface area contributed by atoms with Crippen LogP contribution in [0.1, 0.15) is 0 Å². The van der Waals surface area contributed by atoms with E-state index < -0.39 is 48.6 Å². The first-order chi connectivity index (χ1) is 9.65. The van der Waals surface area contributed by atoms with Crippen LogP contribution >= 0.6 is 7.45 Å². The van der Waals surface area contributed by atoms with Crippen LogP contribution in [0, 0.1) is 0 Å². The molecule has 1 heterocycles. The maximum absolute atomic E-state index is 13.0. The largest absolute Gasteiger partial charge is 0.396 e. The lowest BCUT2D eigenvalue weighted by Gasteiger charge is -2.45. The highest BCUT2D eigenvalue weighted by molar-refractivity contribution is 7.60. The SMILES string of the molecule is O=P1(F)C(F)C(F)(F)C(F)(F)C(F)(F)C(F)(F)C(F)(F)C1(F)F. The molecule has 1 aliphatic heterocycles. The fourth-order valence-corrected chi connectivity index (χ4v) is 2.87. The summed E-state index contributed by atoms with van der Waals surface area (Å²) in [7, 11) is -8.70. The van der Waals surface area contributed by atoms with Crippen molar-refractivity contribution in [3.8, 4) is 0 Å². The topological polar surface area (TPSA) is 17.1 Å². The summed E-state index contributed by atoms with van der Waals surface area (Å²) in [6, 6.07) is 0. The number of alkyl halides is 13. The highest BCUT2D eigenvalue weighted by Gasteiger charge is 2.97. The zero-order chi connectivity index (χ0) is 19.1. The molecule has 0 amide bonds. The van der Waals surface area contributed by atoms with Crippen LogP contribution in [-0.4, -0.2) is 41.2 Å². The van der Waals surface area contributed by atoms with Gasteiger partial charge in [0.2, 0.25) is 0 Å². The highest BCUT2D eigenvalue weighted by atomic mass is 31.2. The van der Waals surface area contributed by atoms with Crippen LogP contribution < -0.4 is 0 Å². The van der Waals surface area contributed by atoms with Gasteiger partial charge in [-0.1, -0.05) is 0 Å². The molecule has 0 spiro atoms. The van der Waals surface area contributed by atoms with E-state index in [-0.39, 0.29) is 0 Å². The van der Waals surface area contributed by atoms with Gasteiger partial charge in [-0.25, -0.2) is 4.39 Å². The van der Waals surface area contributed by atoms with E-state index >= 15 is 0 Å². The average Bonchev–Trinajstić information content (AvgIpc) is 2.35. The van der Waals surface area contributed by atoms with Gasteiger partial charge in [0, 0.05) is 0 Å². The fourth-order valence-electron chi connectivity index (χ4n) is 1.48. The zero-order valence-electron chi connectivity index (χ0n) is 9.72. The molecular formula is C7HF14OP. The summed E-state index contributed by atoms with van der Waals surface area (Å²) in [6.45, 7) is 0. The molecule has 0 saturated carbocycles. The molecule has 2 atom stereocenters. The monoisotopic (exact) mass is 398 g/mol. The first kappa shape index (κ1) is 20.3. The Morgan fingerprint density at radius 1 is 0.609 bits per heavy atom. The van der Waals surface area contributed by atoms with Gasteiger partial charge in [-0.3, -0.25) is 4.57 Å². The van der Waals surface area contributed by atoms with Gasteiger partial charge < -0.3 is 0 Å².